The fourth-order valence-corrected chi connectivity index (χ4v) is 1.68. The maximum Gasteiger partial charge on any atom is 0.229 e. The molecule has 4 nitrogen and oxygen atoms in total. The van der Waals surface area contributed by atoms with E-state index in [1.54, 1.807) is 0 Å². The van der Waals surface area contributed by atoms with Crippen LogP contribution in [-0.2, 0) is 0 Å². The van der Waals surface area contributed by atoms with Crippen LogP contribution in [0.3, 0.4) is 0 Å². The van der Waals surface area contributed by atoms with Crippen LogP contribution in [0.25, 0.3) is 0 Å². The average molecular weight is 231 g/mol. The van der Waals surface area contributed by atoms with E-state index < -0.39 is 0 Å². The second-order valence-corrected chi connectivity index (χ2v) is 4.48. The molecule has 0 aliphatic rings. The minimum atomic E-state index is -0.326. The van der Waals surface area contributed by atoms with Crippen LogP contribution >= 0.6 is 0 Å². The number of benzene rings is 1. The van der Waals surface area contributed by atoms with Gasteiger partial charge in [0.25, 0.3) is 0 Å². The van der Waals surface area contributed by atoms with E-state index in [2.05, 4.69) is 10.1 Å². The second kappa shape index (κ2) is 4.67. The first-order chi connectivity index (χ1) is 8.09. The van der Waals surface area contributed by atoms with Crippen molar-refractivity contribution in [3.8, 4) is 0 Å². The number of aryl methyl sites for hydroxylation is 1. The van der Waals surface area contributed by atoms with E-state index in [1.165, 1.54) is 0 Å². The van der Waals surface area contributed by atoms with Gasteiger partial charge in [-0.15, -0.1) is 0 Å². The topological polar surface area (TPSA) is 64.9 Å². The zero-order valence-corrected chi connectivity index (χ0v) is 10.3. The van der Waals surface area contributed by atoms with Crippen molar-refractivity contribution >= 4 is 0 Å². The minimum Gasteiger partial charge on any atom is -0.339 e. The Labute approximate surface area is 101 Å². The second-order valence-electron chi connectivity index (χ2n) is 4.48. The van der Waals surface area contributed by atoms with Crippen LogP contribution < -0.4 is 5.73 Å². The highest BCUT2D eigenvalue weighted by atomic mass is 16.5. The molecule has 1 aromatic heterocycles. The van der Waals surface area contributed by atoms with Gasteiger partial charge in [-0.1, -0.05) is 43.3 Å². The number of nitrogens with zero attached hydrogens (tertiary/aromatic N) is 2. The lowest BCUT2D eigenvalue weighted by Gasteiger charge is -2.10. The first-order valence-electron chi connectivity index (χ1n) is 5.74. The van der Waals surface area contributed by atoms with Crippen molar-refractivity contribution in [1.29, 1.82) is 0 Å². The van der Waals surface area contributed by atoms with E-state index in [4.69, 9.17) is 10.3 Å². The van der Waals surface area contributed by atoms with Gasteiger partial charge in [-0.3, -0.25) is 0 Å². The van der Waals surface area contributed by atoms with Gasteiger partial charge in [-0.2, -0.15) is 4.98 Å². The molecule has 2 aromatic rings. The van der Waals surface area contributed by atoms with Crippen molar-refractivity contribution in [2.45, 2.75) is 32.7 Å². The SMILES string of the molecule is Cc1ccccc1C(N)c1noc(C(C)C)n1. The van der Waals surface area contributed by atoms with Crippen LogP contribution in [-0.4, -0.2) is 10.1 Å². The summed E-state index contributed by atoms with van der Waals surface area (Å²) in [7, 11) is 0. The maximum absolute atomic E-state index is 6.15. The van der Waals surface area contributed by atoms with Crippen LogP contribution in [0.15, 0.2) is 28.8 Å². The first kappa shape index (κ1) is 11.8. The molecular formula is C13H17N3O. The Morgan fingerprint density at radius 2 is 1.94 bits per heavy atom. The molecule has 2 N–H and O–H groups in total. The van der Waals surface area contributed by atoms with E-state index >= 15 is 0 Å². The summed E-state index contributed by atoms with van der Waals surface area (Å²) in [5.74, 6) is 1.40. The summed E-state index contributed by atoms with van der Waals surface area (Å²) < 4.78 is 5.17. The molecule has 0 saturated carbocycles. The highest BCUT2D eigenvalue weighted by molar-refractivity contribution is 5.31. The van der Waals surface area contributed by atoms with Crippen molar-refractivity contribution in [3.05, 3.63) is 47.1 Å². The van der Waals surface area contributed by atoms with E-state index in [1.807, 2.05) is 45.0 Å². The third-order valence-electron chi connectivity index (χ3n) is 2.75. The molecule has 90 valence electrons. The molecule has 0 fully saturated rings. The molecule has 1 aromatic carbocycles. The van der Waals surface area contributed by atoms with Gasteiger partial charge >= 0.3 is 0 Å². The highest BCUT2D eigenvalue weighted by Crippen LogP contribution is 2.21. The lowest BCUT2D eigenvalue weighted by molar-refractivity contribution is 0.359. The monoisotopic (exact) mass is 231 g/mol. The Morgan fingerprint density at radius 3 is 2.53 bits per heavy atom. The zero-order chi connectivity index (χ0) is 12.4. The standard InChI is InChI=1S/C13H17N3O/c1-8(2)13-15-12(16-17-13)11(14)10-7-5-4-6-9(10)3/h4-8,11H,14H2,1-3H3. The molecule has 0 aliphatic carbocycles. The molecule has 0 spiro atoms. The van der Waals surface area contributed by atoms with Gasteiger partial charge in [-0.25, -0.2) is 0 Å². The summed E-state index contributed by atoms with van der Waals surface area (Å²) in [5.41, 5.74) is 8.31. The minimum absolute atomic E-state index is 0.223. The molecule has 0 bridgehead atoms. The Morgan fingerprint density at radius 1 is 1.24 bits per heavy atom. The van der Waals surface area contributed by atoms with Crippen molar-refractivity contribution < 1.29 is 4.52 Å². The molecule has 0 aliphatic heterocycles. The summed E-state index contributed by atoms with van der Waals surface area (Å²) in [4.78, 5) is 4.32. The van der Waals surface area contributed by atoms with Gasteiger partial charge < -0.3 is 10.3 Å². The fourth-order valence-electron chi connectivity index (χ4n) is 1.68. The summed E-state index contributed by atoms with van der Waals surface area (Å²) in [6, 6.07) is 7.64. The maximum atomic E-state index is 6.15. The van der Waals surface area contributed by atoms with Crippen LogP contribution in [0.5, 0.6) is 0 Å². The molecule has 1 heterocycles. The van der Waals surface area contributed by atoms with Crippen LogP contribution in [0.2, 0.25) is 0 Å². The lowest BCUT2D eigenvalue weighted by atomic mass is 10.0. The van der Waals surface area contributed by atoms with E-state index in [9.17, 15) is 0 Å². The third kappa shape index (κ3) is 2.36. The van der Waals surface area contributed by atoms with Gasteiger partial charge in [0.05, 0.1) is 6.04 Å². The van der Waals surface area contributed by atoms with Gasteiger partial charge in [-0.05, 0) is 18.1 Å². The largest absolute Gasteiger partial charge is 0.339 e. The molecule has 4 heteroatoms. The predicted molar refractivity (Wildman–Crippen MR) is 65.6 cm³/mol. The van der Waals surface area contributed by atoms with E-state index in [-0.39, 0.29) is 12.0 Å². The molecule has 1 unspecified atom stereocenters. The summed E-state index contributed by atoms with van der Waals surface area (Å²) >= 11 is 0. The van der Waals surface area contributed by atoms with Crippen molar-refractivity contribution in [2.75, 3.05) is 0 Å². The van der Waals surface area contributed by atoms with Gasteiger partial charge in [0.1, 0.15) is 0 Å². The molecule has 1 atom stereocenters. The molecule has 17 heavy (non-hydrogen) atoms. The normalized spacial score (nSPS) is 13.0. The van der Waals surface area contributed by atoms with Gasteiger partial charge in [0, 0.05) is 5.92 Å². The van der Waals surface area contributed by atoms with Crippen molar-refractivity contribution in [1.82, 2.24) is 10.1 Å². The Balaban J connectivity index is 2.31. The highest BCUT2D eigenvalue weighted by Gasteiger charge is 2.18. The van der Waals surface area contributed by atoms with Crippen LogP contribution in [0, 0.1) is 6.92 Å². The van der Waals surface area contributed by atoms with E-state index in [0.29, 0.717) is 11.7 Å². The fraction of sp³-hybridized carbons (Fsp3) is 0.385. The zero-order valence-electron chi connectivity index (χ0n) is 10.3. The van der Waals surface area contributed by atoms with Gasteiger partial charge in [0.2, 0.25) is 5.89 Å². The number of hydrogen-bond donors (Lipinski definition) is 1. The summed E-state index contributed by atoms with van der Waals surface area (Å²) in [6.45, 7) is 6.05. The molecule has 0 radical (unpaired) electrons. The molecule has 0 amide bonds. The smallest absolute Gasteiger partial charge is 0.229 e. The average Bonchev–Trinajstić information content (AvgIpc) is 2.78. The van der Waals surface area contributed by atoms with Crippen molar-refractivity contribution in [3.63, 3.8) is 0 Å². The van der Waals surface area contributed by atoms with Gasteiger partial charge in [0.15, 0.2) is 5.82 Å². The van der Waals surface area contributed by atoms with E-state index in [0.717, 1.165) is 11.1 Å². The molecule has 0 saturated heterocycles. The van der Waals surface area contributed by atoms with Crippen LogP contribution in [0.1, 0.15) is 48.6 Å². The number of nitrogens with two attached hydrogens (primary N) is 1. The number of aromatic nitrogens is 2. The van der Waals surface area contributed by atoms with Crippen LogP contribution in [0.4, 0.5) is 0 Å². The molecular weight excluding hydrogens is 214 g/mol. The number of hydrogen-bond acceptors (Lipinski definition) is 4. The first-order valence-corrected chi connectivity index (χ1v) is 5.74. The molecule has 2 rings (SSSR count). The predicted octanol–water partition coefficient (Wildman–Crippen LogP) is 2.55. The number of rotatable bonds is 3. The summed E-state index contributed by atoms with van der Waals surface area (Å²) in [5, 5.41) is 3.94. The summed E-state index contributed by atoms with van der Waals surface area (Å²) in [6.07, 6.45) is 0. The quantitative estimate of drug-likeness (QED) is 0.881. The Kier molecular flexibility index (Phi) is 3.24. The lowest BCUT2D eigenvalue weighted by Crippen LogP contribution is -2.14. The van der Waals surface area contributed by atoms with Crippen molar-refractivity contribution in [2.24, 2.45) is 5.73 Å². The Hall–Kier alpha value is -1.68. The third-order valence-corrected chi connectivity index (χ3v) is 2.75. The Bertz CT molecular complexity index is 505.